The van der Waals surface area contributed by atoms with Gasteiger partial charge in [-0.05, 0) is 26.2 Å². The van der Waals surface area contributed by atoms with E-state index in [-0.39, 0.29) is 18.8 Å². The van der Waals surface area contributed by atoms with Crippen molar-refractivity contribution in [3.8, 4) is 0 Å². The van der Waals surface area contributed by atoms with Crippen LogP contribution in [0.5, 0.6) is 0 Å². The standard InChI is InChI=1S/C12H23NO3/c1-10-6-13(8-12(9-14)16-10)7-11-4-2-3-5-15-11/h10-12,14H,2-9H2,1H3. The zero-order chi connectivity index (χ0) is 11.4. The lowest BCUT2D eigenvalue weighted by Gasteiger charge is -2.38. The lowest BCUT2D eigenvalue weighted by molar-refractivity contribution is -0.108. The monoisotopic (exact) mass is 229 g/mol. The van der Waals surface area contributed by atoms with E-state index in [0.29, 0.717) is 6.10 Å². The second kappa shape index (κ2) is 5.96. The maximum atomic E-state index is 9.15. The van der Waals surface area contributed by atoms with Crippen LogP contribution in [0.4, 0.5) is 0 Å². The molecular formula is C12H23NO3. The van der Waals surface area contributed by atoms with Gasteiger partial charge in [-0.15, -0.1) is 0 Å². The summed E-state index contributed by atoms with van der Waals surface area (Å²) in [4.78, 5) is 2.37. The fourth-order valence-electron chi connectivity index (χ4n) is 2.63. The summed E-state index contributed by atoms with van der Waals surface area (Å²) in [5.74, 6) is 0. The molecule has 1 N–H and O–H groups in total. The van der Waals surface area contributed by atoms with Gasteiger partial charge in [0, 0.05) is 26.2 Å². The van der Waals surface area contributed by atoms with Crippen LogP contribution in [0.15, 0.2) is 0 Å². The highest BCUT2D eigenvalue weighted by atomic mass is 16.5. The quantitative estimate of drug-likeness (QED) is 0.771. The zero-order valence-corrected chi connectivity index (χ0v) is 10.1. The van der Waals surface area contributed by atoms with E-state index in [0.717, 1.165) is 26.2 Å². The van der Waals surface area contributed by atoms with Crippen molar-refractivity contribution in [1.82, 2.24) is 4.90 Å². The summed E-state index contributed by atoms with van der Waals surface area (Å²) in [6.45, 7) is 5.87. The van der Waals surface area contributed by atoms with E-state index in [9.17, 15) is 0 Å². The summed E-state index contributed by atoms with van der Waals surface area (Å²) in [6.07, 6.45) is 4.25. The molecule has 4 nitrogen and oxygen atoms in total. The molecule has 16 heavy (non-hydrogen) atoms. The van der Waals surface area contributed by atoms with Crippen molar-refractivity contribution in [2.75, 3.05) is 32.8 Å². The zero-order valence-electron chi connectivity index (χ0n) is 10.1. The Bertz CT molecular complexity index is 206. The van der Waals surface area contributed by atoms with Crippen LogP contribution in [0.1, 0.15) is 26.2 Å². The van der Waals surface area contributed by atoms with Gasteiger partial charge in [-0.25, -0.2) is 0 Å². The van der Waals surface area contributed by atoms with E-state index in [1.54, 1.807) is 0 Å². The molecule has 0 aromatic heterocycles. The molecule has 0 aromatic carbocycles. The first-order chi connectivity index (χ1) is 7.78. The smallest absolute Gasteiger partial charge is 0.0936 e. The van der Waals surface area contributed by atoms with Crippen LogP contribution in [-0.4, -0.2) is 61.2 Å². The van der Waals surface area contributed by atoms with Crippen molar-refractivity contribution >= 4 is 0 Å². The summed E-state index contributed by atoms with van der Waals surface area (Å²) in [7, 11) is 0. The summed E-state index contributed by atoms with van der Waals surface area (Å²) in [6, 6.07) is 0. The average molecular weight is 229 g/mol. The normalized spacial score (nSPS) is 37.5. The Kier molecular flexibility index (Phi) is 4.58. The van der Waals surface area contributed by atoms with Crippen molar-refractivity contribution in [2.45, 2.75) is 44.5 Å². The average Bonchev–Trinajstić information content (AvgIpc) is 2.29. The van der Waals surface area contributed by atoms with Gasteiger partial charge in [0.05, 0.1) is 24.9 Å². The van der Waals surface area contributed by atoms with Crippen LogP contribution in [0.25, 0.3) is 0 Å². The van der Waals surface area contributed by atoms with E-state index in [1.165, 1.54) is 19.3 Å². The number of nitrogens with zero attached hydrogens (tertiary/aromatic N) is 1. The maximum Gasteiger partial charge on any atom is 0.0936 e. The van der Waals surface area contributed by atoms with Crippen LogP contribution in [-0.2, 0) is 9.47 Å². The molecule has 2 fully saturated rings. The minimum atomic E-state index is -0.0210. The molecule has 0 radical (unpaired) electrons. The van der Waals surface area contributed by atoms with E-state index in [4.69, 9.17) is 14.6 Å². The Morgan fingerprint density at radius 2 is 2.12 bits per heavy atom. The summed E-state index contributed by atoms with van der Waals surface area (Å²) in [5.41, 5.74) is 0. The molecule has 2 heterocycles. The third kappa shape index (κ3) is 3.42. The van der Waals surface area contributed by atoms with Gasteiger partial charge in [-0.2, -0.15) is 0 Å². The molecule has 0 bridgehead atoms. The van der Waals surface area contributed by atoms with Crippen LogP contribution in [0.3, 0.4) is 0 Å². The molecule has 2 saturated heterocycles. The van der Waals surface area contributed by atoms with Gasteiger partial charge in [-0.3, -0.25) is 4.90 Å². The minimum absolute atomic E-state index is 0.0210. The Morgan fingerprint density at radius 3 is 2.81 bits per heavy atom. The number of hydrogen-bond donors (Lipinski definition) is 1. The van der Waals surface area contributed by atoms with E-state index in [1.807, 2.05) is 0 Å². The first-order valence-electron chi connectivity index (χ1n) is 6.38. The number of rotatable bonds is 3. The number of hydrogen-bond acceptors (Lipinski definition) is 4. The van der Waals surface area contributed by atoms with Crippen molar-refractivity contribution < 1.29 is 14.6 Å². The summed E-state index contributed by atoms with van der Waals surface area (Å²) in [5, 5.41) is 9.15. The van der Waals surface area contributed by atoms with Crippen molar-refractivity contribution in [1.29, 1.82) is 0 Å². The Hall–Kier alpha value is -0.160. The number of aliphatic hydroxyl groups is 1. The van der Waals surface area contributed by atoms with Crippen LogP contribution < -0.4 is 0 Å². The first kappa shape index (κ1) is 12.3. The van der Waals surface area contributed by atoms with Crippen LogP contribution >= 0.6 is 0 Å². The summed E-state index contributed by atoms with van der Waals surface area (Å²) < 4.78 is 11.4. The largest absolute Gasteiger partial charge is 0.394 e. The molecule has 0 aliphatic carbocycles. The molecule has 0 spiro atoms. The van der Waals surface area contributed by atoms with E-state index < -0.39 is 0 Å². The molecular weight excluding hydrogens is 206 g/mol. The second-order valence-corrected chi connectivity index (χ2v) is 4.96. The van der Waals surface area contributed by atoms with Crippen LogP contribution in [0, 0.1) is 0 Å². The van der Waals surface area contributed by atoms with Gasteiger partial charge >= 0.3 is 0 Å². The fourth-order valence-corrected chi connectivity index (χ4v) is 2.63. The van der Waals surface area contributed by atoms with Gasteiger partial charge in [0.2, 0.25) is 0 Å². The van der Waals surface area contributed by atoms with Crippen molar-refractivity contribution in [2.24, 2.45) is 0 Å². The number of aliphatic hydroxyl groups excluding tert-OH is 1. The lowest BCUT2D eigenvalue weighted by atomic mass is 10.1. The van der Waals surface area contributed by atoms with Gasteiger partial charge in [0.1, 0.15) is 0 Å². The lowest BCUT2D eigenvalue weighted by Crippen LogP contribution is -2.50. The highest BCUT2D eigenvalue weighted by Gasteiger charge is 2.27. The topological polar surface area (TPSA) is 41.9 Å². The predicted octanol–water partition coefficient (Wildman–Crippen LogP) is 0.637. The fraction of sp³-hybridized carbons (Fsp3) is 1.00. The molecule has 2 rings (SSSR count). The predicted molar refractivity (Wildman–Crippen MR) is 61.5 cm³/mol. The van der Waals surface area contributed by atoms with Gasteiger partial charge in [-0.1, -0.05) is 0 Å². The highest BCUT2D eigenvalue weighted by Crippen LogP contribution is 2.17. The molecule has 2 aliphatic heterocycles. The molecule has 2 aliphatic rings. The number of morpholine rings is 1. The molecule has 4 heteroatoms. The molecule has 94 valence electrons. The summed E-state index contributed by atoms with van der Waals surface area (Å²) >= 11 is 0. The van der Waals surface area contributed by atoms with Crippen molar-refractivity contribution in [3.05, 3.63) is 0 Å². The van der Waals surface area contributed by atoms with Crippen molar-refractivity contribution in [3.63, 3.8) is 0 Å². The van der Waals surface area contributed by atoms with Gasteiger partial charge < -0.3 is 14.6 Å². The Morgan fingerprint density at radius 1 is 1.25 bits per heavy atom. The van der Waals surface area contributed by atoms with Crippen LogP contribution in [0.2, 0.25) is 0 Å². The number of ether oxygens (including phenoxy) is 2. The van der Waals surface area contributed by atoms with E-state index in [2.05, 4.69) is 11.8 Å². The Labute approximate surface area is 97.5 Å². The first-order valence-corrected chi connectivity index (χ1v) is 6.38. The Balaban J connectivity index is 1.78. The minimum Gasteiger partial charge on any atom is -0.394 e. The van der Waals surface area contributed by atoms with E-state index >= 15 is 0 Å². The third-order valence-corrected chi connectivity index (χ3v) is 3.34. The highest BCUT2D eigenvalue weighted by molar-refractivity contribution is 4.78. The molecule has 0 amide bonds. The van der Waals surface area contributed by atoms with Gasteiger partial charge in [0.15, 0.2) is 0 Å². The molecule has 3 atom stereocenters. The third-order valence-electron chi connectivity index (χ3n) is 3.34. The van der Waals surface area contributed by atoms with Gasteiger partial charge in [0.25, 0.3) is 0 Å². The molecule has 3 unspecified atom stereocenters. The molecule has 0 aromatic rings. The SMILES string of the molecule is CC1CN(CC2CCCCO2)CC(CO)O1. The maximum absolute atomic E-state index is 9.15. The molecule has 0 saturated carbocycles. The second-order valence-electron chi connectivity index (χ2n) is 4.96.